The number of fused-ring (bicyclic) bond motifs is 1. The Morgan fingerprint density at radius 2 is 2.41 bits per heavy atom. The van der Waals surface area contributed by atoms with E-state index in [0.29, 0.717) is 12.6 Å². The maximum absolute atomic E-state index is 9.13. The molecule has 0 saturated carbocycles. The number of aromatic nitrogens is 3. The predicted molar refractivity (Wildman–Crippen MR) is 64.1 cm³/mol. The Morgan fingerprint density at radius 1 is 1.59 bits per heavy atom. The van der Waals surface area contributed by atoms with Crippen molar-refractivity contribution < 1.29 is 9.84 Å². The van der Waals surface area contributed by atoms with Crippen molar-refractivity contribution in [3.63, 3.8) is 0 Å². The van der Waals surface area contributed by atoms with Crippen LogP contribution in [0.15, 0.2) is 18.3 Å². The summed E-state index contributed by atoms with van der Waals surface area (Å²) in [6.07, 6.45) is 1.85. The van der Waals surface area contributed by atoms with Gasteiger partial charge in [-0.05, 0) is 24.6 Å². The topological polar surface area (TPSA) is 71.7 Å². The average Bonchev–Trinajstić information content (AvgIpc) is 2.69. The summed E-state index contributed by atoms with van der Waals surface area (Å²) in [5, 5.41) is 16.4. The number of aliphatic hydroxyl groups excluding tert-OH is 1. The van der Waals surface area contributed by atoms with Crippen molar-refractivity contribution in [3.8, 4) is 0 Å². The summed E-state index contributed by atoms with van der Waals surface area (Å²) in [5.74, 6) is 0.492. The van der Waals surface area contributed by atoms with Gasteiger partial charge >= 0.3 is 0 Å². The number of hydrogen-bond acceptors (Lipinski definition) is 5. The second-order valence-corrected chi connectivity index (χ2v) is 3.92. The van der Waals surface area contributed by atoms with E-state index in [1.807, 2.05) is 25.3 Å². The fourth-order valence-corrected chi connectivity index (χ4v) is 1.57. The van der Waals surface area contributed by atoms with E-state index in [4.69, 9.17) is 9.84 Å². The van der Waals surface area contributed by atoms with Crippen molar-refractivity contribution in [1.82, 2.24) is 14.6 Å². The monoisotopic (exact) mass is 236 g/mol. The fraction of sp³-hybridized carbons (Fsp3) is 0.455. The summed E-state index contributed by atoms with van der Waals surface area (Å²) in [6, 6.07) is 3.71. The van der Waals surface area contributed by atoms with Gasteiger partial charge in [0.2, 0.25) is 5.95 Å². The van der Waals surface area contributed by atoms with E-state index in [1.165, 1.54) is 0 Å². The zero-order valence-electron chi connectivity index (χ0n) is 9.92. The van der Waals surface area contributed by atoms with Crippen LogP contribution >= 0.6 is 0 Å². The highest BCUT2D eigenvalue weighted by Crippen LogP contribution is 2.08. The molecule has 6 heteroatoms. The van der Waals surface area contributed by atoms with Gasteiger partial charge in [-0.1, -0.05) is 0 Å². The molecule has 2 aromatic heterocycles. The lowest BCUT2D eigenvalue weighted by atomic mass is 10.3. The number of aryl methyl sites for hydroxylation is 1. The Bertz CT molecular complexity index is 497. The van der Waals surface area contributed by atoms with Gasteiger partial charge in [0.05, 0.1) is 19.3 Å². The third-order valence-electron chi connectivity index (χ3n) is 2.41. The van der Waals surface area contributed by atoms with Crippen LogP contribution in [0.4, 0.5) is 5.95 Å². The Kier molecular flexibility index (Phi) is 3.55. The van der Waals surface area contributed by atoms with E-state index in [1.54, 1.807) is 11.6 Å². The molecule has 0 fully saturated rings. The molecule has 6 nitrogen and oxygen atoms in total. The van der Waals surface area contributed by atoms with Gasteiger partial charge in [-0.3, -0.25) is 0 Å². The molecule has 17 heavy (non-hydrogen) atoms. The quantitative estimate of drug-likeness (QED) is 0.789. The summed E-state index contributed by atoms with van der Waals surface area (Å²) in [7, 11) is 1.59. The van der Waals surface area contributed by atoms with Gasteiger partial charge in [-0.2, -0.15) is 4.98 Å². The van der Waals surface area contributed by atoms with Crippen LogP contribution in [0, 0.1) is 6.92 Å². The molecular weight excluding hydrogens is 220 g/mol. The normalized spacial score (nSPS) is 12.9. The van der Waals surface area contributed by atoms with Gasteiger partial charge in [0.25, 0.3) is 0 Å². The smallest absolute Gasteiger partial charge is 0.243 e. The molecule has 0 aromatic carbocycles. The lowest BCUT2D eigenvalue weighted by Gasteiger charge is -2.12. The fourth-order valence-electron chi connectivity index (χ4n) is 1.57. The van der Waals surface area contributed by atoms with Gasteiger partial charge in [-0.15, -0.1) is 5.10 Å². The van der Waals surface area contributed by atoms with E-state index >= 15 is 0 Å². The van der Waals surface area contributed by atoms with Crippen LogP contribution in [0.1, 0.15) is 5.56 Å². The molecule has 2 N–H and O–H groups in total. The number of nitrogens with one attached hydrogen (secondary N) is 1. The average molecular weight is 236 g/mol. The first kappa shape index (κ1) is 11.8. The van der Waals surface area contributed by atoms with Crippen LogP contribution in [-0.2, 0) is 4.74 Å². The van der Waals surface area contributed by atoms with Crippen LogP contribution in [0.5, 0.6) is 0 Å². The molecular formula is C11H16N4O2. The molecule has 0 spiro atoms. The van der Waals surface area contributed by atoms with E-state index < -0.39 is 0 Å². The molecule has 0 aliphatic heterocycles. The van der Waals surface area contributed by atoms with Gasteiger partial charge < -0.3 is 15.2 Å². The SMILES string of the molecule is COCC(CO)Nc1nc2cc(C)ccn2n1. The van der Waals surface area contributed by atoms with Gasteiger partial charge in [0, 0.05) is 13.3 Å². The Morgan fingerprint density at radius 3 is 3.12 bits per heavy atom. The zero-order valence-corrected chi connectivity index (χ0v) is 9.92. The van der Waals surface area contributed by atoms with Gasteiger partial charge in [0.1, 0.15) is 0 Å². The van der Waals surface area contributed by atoms with E-state index in [2.05, 4.69) is 15.4 Å². The van der Waals surface area contributed by atoms with E-state index in [0.717, 1.165) is 11.2 Å². The number of hydrogen-bond donors (Lipinski definition) is 2. The number of aliphatic hydroxyl groups is 1. The highest BCUT2D eigenvalue weighted by atomic mass is 16.5. The summed E-state index contributed by atoms with van der Waals surface area (Å²) in [6.45, 7) is 2.39. The van der Waals surface area contributed by atoms with Crippen molar-refractivity contribution in [2.24, 2.45) is 0 Å². The molecule has 0 amide bonds. The van der Waals surface area contributed by atoms with Crippen LogP contribution in [0.3, 0.4) is 0 Å². The number of anilines is 1. The van der Waals surface area contributed by atoms with Crippen molar-refractivity contribution in [2.75, 3.05) is 25.6 Å². The summed E-state index contributed by atoms with van der Waals surface area (Å²) in [5.41, 5.74) is 1.91. The highest BCUT2D eigenvalue weighted by Gasteiger charge is 2.10. The minimum atomic E-state index is -0.196. The molecule has 0 saturated heterocycles. The zero-order chi connectivity index (χ0) is 12.3. The Balaban J connectivity index is 2.18. The van der Waals surface area contributed by atoms with E-state index in [-0.39, 0.29) is 12.6 Å². The highest BCUT2D eigenvalue weighted by molar-refractivity contribution is 5.45. The number of pyridine rings is 1. The minimum absolute atomic E-state index is 0.0254. The molecule has 2 heterocycles. The van der Waals surface area contributed by atoms with E-state index in [9.17, 15) is 0 Å². The van der Waals surface area contributed by atoms with Crippen molar-refractivity contribution in [2.45, 2.75) is 13.0 Å². The van der Waals surface area contributed by atoms with Crippen molar-refractivity contribution in [1.29, 1.82) is 0 Å². The number of nitrogens with zero attached hydrogens (tertiary/aromatic N) is 3. The van der Waals surface area contributed by atoms with Gasteiger partial charge in [-0.25, -0.2) is 4.52 Å². The lowest BCUT2D eigenvalue weighted by Crippen LogP contribution is -2.29. The lowest BCUT2D eigenvalue weighted by molar-refractivity contribution is 0.153. The largest absolute Gasteiger partial charge is 0.394 e. The minimum Gasteiger partial charge on any atom is -0.394 e. The third kappa shape index (κ3) is 2.72. The first-order valence-corrected chi connectivity index (χ1v) is 5.42. The summed E-state index contributed by atoms with van der Waals surface area (Å²) in [4.78, 5) is 4.32. The Hall–Kier alpha value is -1.66. The van der Waals surface area contributed by atoms with Crippen LogP contribution in [0.2, 0.25) is 0 Å². The molecule has 2 aromatic rings. The number of methoxy groups -OCH3 is 1. The van der Waals surface area contributed by atoms with Crippen LogP contribution < -0.4 is 5.32 Å². The summed E-state index contributed by atoms with van der Waals surface area (Å²) < 4.78 is 6.67. The first-order valence-electron chi connectivity index (χ1n) is 5.42. The molecule has 0 radical (unpaired) electrons. The molecule has 1 atom stereocenters. The molecule has 0 bridgehead atoms. The predicted octanol–water partition coefficient (Wildman–Crippen LogP) is 0.457. The second-order valence-electron chi connectivity index (χ2n) is 3.92. The number of ether oxygens (including phenoxy) is 1. The maximum atomic E-state index is 9.13. The molecule has 0 aliphatic rings. The van der Waals surface area contributed by atoms with Crippen molar-refractivity contribution in [3.05, 3.63) is 23.9 Å². The molecule has 2 rings (SSSR count). The van der Waals surface area contributed by atoms with Crippen molar-refractivity contribution >= 4 is 11.6 Å². The van der Waals surface area contributed by atoms with Crippen LogP contribution in [0.25, 0.3) is 5.65 Å². The summed E-state index contributed by atoms with van der Waals surface area (Å²) >= 11 is 0. The number of rotatable bonds is 5. The second kappa shape index (κ2) is 5.11. The van der Waals surface area contributed by atoms with Gasteiger partial charge in [0.15, 0.2) is 5.65 Å². The standard InChI is InChI=1S/C11H16N4O2/c1-8-3-4-15-10(5-8)13-11(14-15)12-9(6-16)7-17-2/h3-5,9,16H,6-7H2,1-2H3,(H,12,14). The molecule has 92 valence electrons. The Labute approximate surface area is 99.2 Å². The first-order chi connectivity index (χ1) is 8.22. The third-order valence-corrected chi connectivity index (χ3v) is 2.41. The van der Waals surface area contributed by atoms with Crippen LogP contribution in [-0.4, -0.2) is 46.1 Å². The molecule has 0 aliphatic carbocycles. The molecule has 1 unspecified atom stereocenters. The maximum Gasteiger partial charge on any atom is 0.243 e.